The van der Waals surface area contributed by atoms with Crippen LogP contribution in [0.1, 0.15) is 44.7 Å². The van der Waals surface area contributed by atoms with E-state index in [1.807, 2.05) is 0 Å². The van der Waals surface area contributed by atoms with Gasteiger partial charge >= 0.3 is 0 Å². The summed E-state index contributed by atoms with van der Waals surface area (Å²) in [6, 6.07) is 9.04. The van der Waals surface area contributed by atoms with Gasteiger partial charge in [0.15, 0.2) is 0 Å². The van der Waals surface area contributed by atoms with Gasteiger partial charge in [0.25, 0.3) is 17.7 Å². The molecule has 0 bridgehead atoms. The van der Waals surface area contributed by atoms with E-state index in [2.05, 4.69) is 5.10 Å². The van der Waals surface area contributed by atoms with E-state index >= 15 is 0 Å². The monoisotopic (exact) mass is 457 g/mol. The molecule has 1 atom stereocenters. The lowest BCUT2D eigenvalue weighted by Gasteiger charge is -2.22. The highest BCUT2D eigenvalue weighted by Gasteiger charge is 2.41. The maximum absolute atomic E-state index is 13.1. The zero-order chi connectivity index (χ0) is 21.7. The van der Waals surface area contributed by atoms with Crippen molar-refractivity contribution in [3.05, 3.63) is 81.6 Å². The van der Waals surface area contributed by atoms with Crippen LogP contribution in [0.3, 0.4) is 0 Å². The molecule has 0 aliphatic carbocycles. The molecule has 4 heterocycles. The Hall–Kier alpha value is -3.36. The van der Waals surface area contributed by atoms with Crippen molar-refractivity contribution in [3.8, 4) is 0 Å². The minimum atomic E-state index is -0.615. The van der Waals surface area contributed by atoms with Crippen LogP contribution < -0.4 is 0 Å². The molecule has 2 aliphatic heterocycles. The Morgan fingerprint density at radius 3 is 2.26 bits per heavy atom. The maximum atomic E-state index is 13.1. The predicted octanol–water partition coefficient (Wildman–Crippen LogP) is 4.15. The fourth-order valence-electron chi connectivity index (χ4n) is 3.67. The lowest BCUT2D eigenvalue weighted by Crippen LogP contribution is -2.41. The van der Waals surface area contributed by atoms with E-state index < -0.39 is 30.3 Å². The second-order valence-electron chi connectivity index (χ2n) is 7.01. The van der Waals surface area contributed by atoms with Crippen LogP contribution in [0.4, 0.5) is 0 Å². The Morgan fingerprint density at radius 1 is 1.03 bits per heavy atom. The van der Waals surface area contributed by atoms with Gasteiger partial charge in [0.1, 0.15) is 29.8 Å². The molecule has 0 N–H and O–H groups in total. The highest BCUT2D eigenvalue weighted by molar-refractivity contribution is 6.43. The number of nitrogens with zero attached hydrogens (tertiary/aromatic N) is 3. The number of hydrogen-bond acceptors (Lipinski definition) is 6. The standard InChI is InChI=1S/C21H13Cl2N3O5/c22-13-7-11-12(8-14(13)23)21(29)25(20(11)28)10-19(27)26-16(18-4-2-6-31-18)9-15(24-26)17-3-1-5-30-17/h1-8,16H,9-10H2. The van der Waals surface area contributed by atoms with E-state index in [-0.39, 0.29) is 21.2 Å². The summed E-state index contributed by atoms with van der Waals surface area (Å²) in [6.07, 6.45) is 3.37. The molecule has 0 fully saturated rings. The molecule has 2 aromatic heterocycles. The fraction of sp³-hybridized carbons (Fsp3) is 0.143. The molecule has 5 rings (SSSR count). The third-order valence-electron chi connectivity index (χ3n) is 5.15. The van der Waals surface area contributed by atoms with Crippen LogP contribution in [-0.2, 0) is 4.79 Å². The first-order valence-corrected chi connectivity index (χ1v) is 10.0. The molecule has 10 heteroatoms. The SMILES string of the molecule is O=C1c2cc(Cl)c(Cl)cc2C(=O)N1CC(=O)N1N=C(c2ccco2)CC1c1ccco1. The third kappa shape index (κ3) is 3.24. The summed E-state index contributed by atoms with van der Waals surface area (Å²) in [5, 5.41) is 5.92. The van der Waals surface area contributed by atoms with Crippen molar-refractivity contribution in [1.82, 2.24) is 9.91 Å². The molecule has 2 aliphatic rings. The van der Waals surface area contributed by atoms with E-state index in [1.54, 1.807) is 24.3 Å². The summed E-state index contributed by atoms with van der Waals surface area (Å²) in [6.45, 7) is -0.492. The summed E-state index contributed by atoms with van der Waals surface area (Å²) in [5.41, 5.74) is 0.771. The molecule has 1 aromatic carbocycles. The summed E-state index contributed by atoms with van der Waals surface area (Å²) in [7, 11) is 0. The van der Waals surface area contributed by atoms with Gasteiger partial charge in [0.2, 0.25) is 0 Å². The van der Waals surface area contributed by atoms with Gasteiger partial charge in [-0.2, -0.15) is 5.10 Å². The third-order valence-corrected chi connectivity index (χ3v) is 5.87. The molecule has 0 saturated carbocycles. The molecule has 0 saturated heterocycles. The Kier molecular flexibility index (Phi) is 4.68. The minimum absolute atomic E-state index is 0.107. The Balaban J connectivity index is 1.43. The number of carbonyl (C=O) groups is 3. The molecule has 0 radical (unpaired) electrons. The number of rotatable bonds is 4. The van der Waals surface area contributed by atoms with Crippen LogP contribution in [0.25, 0.3) is 0 Å². The molecule has 3 aromatic rings. The summed E-state index contributed by atoms with van der Waals surface area (Å²) >= 11 is 12.0. The number of halogens is 2. The fourth-order valence-corrected chi connectivity index (χ4v) is 4.00. The molecule has 3 amide bonds. The zero-order valence-electron chi connectivity index (χ0n) is 15.7. The second kappa shape index (κ2) is 7.40. The molecule has 156 valence electrons. The quantitative estimate of drug-likeness (QED) is 0.548. The number of furan rings is 2. The largest absolute Gasteiger partial charge is 0.467 e. The Morgan fingerprint density at radius 2 is 1.68 bits per heavy atom. The van der Waals surface area contributed by atoms with Crippen molar-refractivity contribution in [2.75, 3.05) is 6.54 Å². The zero-order valence-corrected chi connectivity index (χ0v) is 17.3. The number of hydrogen-bond donors (Lipinski definition) is 0. The number of benzene rings is 1. The van der Waals surface area contributed by atoms with Gasteiger partial charge < -0.3 is 8.83 Å². The van der Waals surface area contributed by atoms with Crippen LogP contribution in [0.2, 0.25) is 10.0 Å². The lowest BCUT2D eigenvalue weighted by atomic mass is 10.1. The van der Waals surface area contributed by atoms with E-state index in [0.717, 1.165) is 4.90 Å². The topological polar surface area (TPSA) is 96.3 Å². The van der Waals surface area contributed by atoms with Gasteiger partial charge in [-0.15, -0.1) is 0 Å². The first-order valence-electron chi connectivity index (χ1n) is 9.26. The van der Waals surface area contributed by atoms with E-state index in [4.69, 9.17) is 32.0 Å². The second-order valence-corrected chi connectivity index (χ2v) is 7.82. The van der Waals surface area contributed by atoms with Crippen molar-refractivity contribution in [2.45, 2.75) is 12.5 Å². The molecule has 0 spiro atoms. The number of fused-ring (bicyclic) bond motifs is 1. The van der Waals surface area contributed by atoms with Crippen molar-refractivity contribution in [3.63, 3.8) is 0 Å². The molecular formula is C21H13Cl2N3O5. The van der Waals surface area contributed by atoms with Crippen molar-refractivity contribution in [2.24, 2.45) is 5.10 Å². The number of carbonyl (C=O) groups excluding carboxylic acids is 3. The van der Waals surface area contributed by atoms with Crippen molar-refractivity contribution >= 4 is 46.6 Å². The van der Waals surface area contributed by atoms with Crippen molar-refractivity contribution in [1.29, 1.82) is 0 Å². The van der Waals surface area contributed by atoms with Gasteiger partial charge in [0.05, 0.1) is 33.7 Å². The van der Waals surface area contributed by atoms with Crippen LogP contribution in [0, 0.1) is 0 Å². The minimum Gasteiger partial charge on any atom is -0.467 e. The lowest BCUT2D eigenvalue weighted by molar-refractivity contribution is -0.133. The Labute approximate surface area is 185 Å². The van der Waals surface area contributed by atoms with Gasteiger partial charge in [-0.3, -0.25) is 19.3 Å². The number of amides is 3. The van der Waals surface area contributed by atoms with Gasteiger partial charge in [-0.1, -0.05) is 23.2 Å². The van der Waals surface area contributed by atoms with E-state index in [1.165, 1.54) is 29.7 Å². The average molecular weight is 458 g/mol. The maximum Gasteiger partial charge on any atom is 0.263 e. The van der Waals surface area contributed by atoms with Crippen LogP contribution in [-0.4, -0.2) is 39.9 Å². The highest BCUT2D eigenvalue weighted by atomic mass is 35.5. The molecule has 8 nitrogen and oxygen atoms in total. The first kappa shape index (κ1) is 19.6. The summed E-state index contributed by atoms with van der Waals surface area (Å²) < 4.78 is 10.9. The normalized spacial score (nSPS) is 18.0. The number of imide groups is 1. The highest BCUT2D eigenvalue weighted by Crippen LogP contribution is 2.35. The summed E-state index contributed by atoms with van der Waals surface area (Å²) in [5.74, 6) is -0.724. The Bertz CT molecular complexity index is 1190. The van der Waals surface area contributed by atoms with Crippen LogP contribution in [0.5, 0.6) is 0 Å². The number of hydrazone groups is 1. The van der Waals surface area contributed by atoms with Crippen LogP contribution in [0.15, 0.2) is 62.9 Å². The molecule has 31 heavy (non-hydrogen) atoms. The van der Waals surface area contributed by atoms with Crippen LogP contribution >= 0.6 is 23.2 Å². The van der Waals surface area contributed by atoms with Crippen molar-refractivity contribution < 1.29 is 23.2 Å². The van der Waals surface area contributed by atoms with Gasteiger partial charge in [0, 0.05) is 6.42 Å². The predicted molar refractivity (Wildman–Crippen MR) is 110 cm³/mol. The molecular weight excluding hydrogens is 445 g/mol. The van der Waals surface area contributed by atoms with Gasteiger partial charge in [-0.05, 0) is 36.4 Å². The first-order chi connectivity index (χ1) is 14.9. The van der Waals surface area contributed by atoms with E-state index in [0.29, 0.717) is 23.7 Å². The smallest absolute Gasteiger partial charge is 0.263 e. The van der Waals surface area contributed by atoms with E-state index in [9.17, 15) is 14.4 Å². The average Bonchev–Trinajstić information content (AvgIpc) is 3.54. The summed E-state index contributed by atoms with van der Waals surface area (Å²) in [4.78, 5) is 39.5. The van der Waals surface area contributed by atoms with Gasteiger partial charge in [-0.25, -0.2) is 5.01 Å². The molecule has 1 unspecified atom stereocenters.